The van der Waals surface area contributed by atoms with Gasteiger partial charge >= 0.3 is 0 Å². The molecule has 0 saturated carbocycles. The van der Waals surface area contributed by atoms with Gasteiger partial charge in [0.05, 0.1) is 18.0 Å². The highest BCUT2D eigenvalue weighted by atomic mass is 16.3. The molecule has 2 aromatic heterocycles. The minimum absolute atomic E-state index is 0.0534. The predicted molar refractivity (Wildman–Crippen MR) is 128 cm³/mol. The number of nitrogens with zero attached hydrogens (tertiary/aromatic N) is 7. The van der Waals surface area contributed by atoms with Gasteiger partial charge < -0.3 is 10.4 Å². The third kappa shape index (κ3) is 4.17. The second-order valence-electron chi connectivity index (χ2n) is 7.33. The number of para-hydroxylation sites is 1. The number of carbonyl (C=O) groups excluding carboxylic acids is 1. The molecule has 2 heterocycles. The van der Waals surface area contributed by atoms with Crippen molar-refractivity contribution in [1.82, 2.24) is 19.7 Å². The highest BCUT2D eigenvalue weighted by molar-refractivity contribution is 6.16. The lowest BCUT2D eigenvalue weighted by atomic mass is 10.0. The number of fused-ring (bicyclic) bond motifs is 1. The Balaban J connectivity index is 1.60. The Kier molecular flexibility index (Phi) is 5.63. The van der Waals surface area contributed by atoms with Crippen LogP contribution in [0.2, 0.25) is 0 Å². The van der Waals surface area contributed by atoms with Gasteiger partial charge in [0.2, 0.25) is 0 Å². The number of aromatic nitrogens is 4. The number of hydrogen-bond donors (Lipinski definition) is 2. The maximum atomic E-state index is 13.2. The molecule has 35 heavy (non-hydrogen) atoms. The van der Waals surface area contributed by atoms with Gasteiger partial charge in [-0.1, -0.05) is 42.5 Å². The number of amides is 1. The zero-order valence-corrected chi connectivity index (χ0v) is 18.1. The molecule has 10 nitrogen and oxygen atoms in total. The number of benzene rings is 3. The number of nitrogens with one attached hydrogen (secondary N) is 1. The van der Waals surface area contributed by atoms with E-state index < -0.39 is 5.91 Å². The minimum atomic E-state index is -0.496. The van der Waals surface area contributed by atoms with Crippen LogP contribution in [0.15, 0.2) is 95.7 Å². The lowest BCUT2D eigenvalue weighted by molar-refractivity contribution is 0.102. The molecule has 10 heteroatoms. The molecular weight excluding hydrogens is 444 g/mol. The van der Waals surface area contributed by atoms with Gasteiger partial charge in [0, 0.05) is 18.1 Å². The molecule has 0 radical (unpaired) electrons. The Morgan fingerprint density at radius 3 is 2.60 bits per heavy atom. The first-order chi connectivity index (χ1) is 17.2. The normalized spacial score (nSPS) is 10.9. The van der Waals surface area contributed by atoms with Crippen LogP contribution < -0.4 is 5.32 Å². The third-order valence-corrected chi connectivity index (χ3v) is 5.14. The first-order valence-corrected chi connectivity index (χ1v) is 10.4. The Morgan fingerprint density at radius 2 is 1.83 bits per heavy atom. The van der Waals surface area contributed by atoms with Gasteiger partial charge in [0.25, 0.3) is 5.91 Å². The van der Waals surface area contributed by atoms with Crippen LogP contribution in [0.3, 0.4) is 0 Å². The monoisotopic (exact) mass is 460 g/mol. The van der Waals surface area contributed by atoms with Gasteiger partial charge in [-0.3, -0.25) is 9.78 Å². The molecular formula is C25H16N8O2. The molecule has 0 aliphatic rings. The standard InChI is InChI=1S/C25H16N8O2/c26-13-17-14-29-33(21-15-27-10-11-28-21)24(17)32-31-20-12-16-6-4-5-9-19(16)22(23(20)34)25(35)30-18-7-2-1-3-8-18/h1-12,14-15,34H,(H,30,35)/b32-31+. The van der Waals surface area contributed by atoms with Crippen LogP contribution in [0.5, 0.6) is 5.75 Å². The van der Waals surface area contributed by atoms with Crippen molar-refractivity contribution in [2.24, 2.45) is 10.2 Å². The molecule has 5 aromatic rings. The smallest absolute Gasteiger partial charge is 0.260 e. The Bertz CT molecular complexity index is 1610. The first-order valence-electron chi connectivity index (χ1n) is 10.4. The van der Waals surface area contributed by atoms with E-state index in [-0.39, 0.29) is 28.4 Å². The summed E-state index contributed by atoms with van der Waals surface area (Å²) >= 11 is 0. The van der Waals surface area contributed by atoms with Crippen molar-refractivity contribution in [3.05, 3.63) is 96.6 Å². The van der Waals surface area contributed by atoms with Crippen molar-refractivity contribution in [3.63, 3.8) is 0 Å². The van der Waals surface area contributed by atoms with Crippen LogP contribution in [-0.2, 0) is 0 Å². The maximum absolute atomic E-state index is 13.2. The fraction of sp³-hybridized carbons (Fsp3) is 0. The van der Waals surface area contributed by atoms with E-state index in [1.807, 2.05) is 18.2 Å². The second kappa shape index (κ2) is 9.21. The Labute approximate surface area is 198 Å². The van der Waals surface area contributed by atoms with E-state index in [1.54, 1.807) is 48.5 Å². The summed E-state index contributed by atoms with van der Waals surface area (Å²) in [7, 11) is 0. The molecule has 0 spiro atoms. The fourth-order valence-electron chi connectivity index (χ4n) is 3.53. The van der Waals surface area contributed by atoms with Gasteiger partial charge in [-0.25, -0.2) is 4.98 Å². The summed E-state index contributed by atoms with van der Waals surface area (Å²) in [5, 5.41) is 37.1. The molecule has 0 saturated heterocycles. The summed E-state index contributed by atoms with van der Waals surface area (Å²) in [4.78, 5) is 21.3. The summed E-state index contributed by atoms with van der Waals surface area (Å²) in [5.74, 6) is -0.390. The predicted octanol–water partition coefficient (Wildman–Crippen LogP) is 5.06. The lowest BCUT2D eigenvalue weighted by Gasteiger charge is -2.12. The van der Waals surface area contributed by atoms with Gasteiger partial charge in [0.15, 0.2) is 17.4 Å². The molecule has 0 aliphatic carbocycles. The van der Waals surface area contributed by atoms with Crippen molar-refractivity contribution in [2.45, 2.75) is 0 Å². The van der Waals surface area contributed by atoms with Gasteiger partial charge in [-0.15, -0.1) is 10.2 Å². The molecule has 0 atom stereocenters. The number of carbonyl (C=O) groups is 1. The summed E-state index contributed by atoms with van der Waals surface area (Å²) < 4.78 is 1.32. The van der Waals surface area contributed by atoms with Crippen molar-refractivity contribution < 1.29 is 9.90 Å². The largest absolute Gasteiger partial charge is 0.505 e. The number of anilines is 1. The SMILES string of the molecule is N#Cc1cnn(-c2cnccn2)c1/N=N/c1cc2ccccc2c(C(=O)Nc2ccccc2)c1O. The van der Waals surface area contributed by atoms with Crippen LogP contribution in [0.4, 0.5) is 17.2 Å². The van der Waals surface area contributed by atoms with Crippen LogP contribution in [0, 0.1) is 11.3 Å². The van der Waals surface area contributed by atoms with Crippen molar-refractivity contribution in [3.8, 4) is 17.6 Å². The molecule has 1 amide bonds. The van der Waals surface area contributed by atoms with Crippen LogP contribution in [0.25, 0.3) is 16.6 Å². The second-order valence-corrected chi connectivity index (χ2v) is 7.33. The Morgan fingerprint density at radius 1 is 1.03 bits per heavy atom. The molecule has 3 aromatic carbocycles. The van der Waals surface area contributed by atoms with Gasteiger partial charge in [-0.05, 0) is 29.0 Å². The summed E-state index contributed by atoms with van der Waals surface area (Å²) in [6, 6.07) is 19.7. The van der Waals surface area contributed by atoms with E-state index in [4.69, 9.17) is 0 Å². The van der Waals surface area contributed by atoms with E-state index in [9.17, 15) is 15.2 Å². The number of azo groups is 1. The van der Waals surface area contributed by atoms with Gasteiger partial charge in [-0.2, -0.15) is 15.0 Å². The first kappa shape index (κ1) is 21.4. The topological polar surface area (TPSA) is 141 Å². The van der Waals surface area contributed by atoms with E-state index in [0.29, 0.717) is 22.3 Å². The summed E-state index contributed by atoms with van der Waals surface area (Å²) in [6.45, 7) is 0. The quantitative estimate of drug-likeness (QED) is 0.351. The van der Waals surface area contributed by atoms with Crippen LogP contribution >= 0.6 is 0 Å². The fourth-order valence-corrected chi connectivity index (χ4v) is 3.53. The highest BCUT2D eigenvalue weighted by Gasteiger charge is 2.20. The number of nitriles is 1. The molecule has 5 rings (SSSR count). The average molecular weight is 460 g/mol. The number of hydrogen-bond acceptors (Lipinski definition) is 8. The molecule has 0 fully saturated rings. The van der Waals surface area contributed by atoms with Crippen LogP contribution in [-0.4, -0.2) is 30.8 Å². The minimum Gasteiger partial charge on any atom is -0.505 e. The number of rotatable bonds is 5. The zero-order valence-electron chi connectivity index (χ0n) is 18.1. The van der Waals surface area contributed by atoms with Crippen molar-refractivity contribution >= 4 is 33.9 Å². The molecule has 0 unspecified atom stereocenters. The number of phenolic OH excluding ortho intramolecular Hbond substituents is 1. The van der Waals surface area contributed by atoms with E-state index in [1.165, 1.54) is 29.5 Å². The van der Waals surface area contributed by atoms with Crippen molar-refractivity contribution in [2.75, 3.05) is 5.32 Å². The molecule has 0 aliphatic heterocycles. The zero-order chi connectivity index (χ0) is 24.2. The van der Waals surface area contributed by atoms with Crippen molar-refractivity contribution in [1.29, 1.82) is 5.26 Å². The number of aromatic hydroxyl groups is 1. The van der Waals surface area contributed by atoms with E-state index >= 15 is 0 Å². The van der Waals surface area contributed by atoms with Gasteiger partial charge in [0.1, 0.15) is 17.3 Å². The van der Waals surface area contributed by atoms with E-state index in [0.717, 1.165) is 0 Å². The van der Waals surface area contributed by atoms with E-state index in [2.05, 4.69) is 30.6 Å². The molecule has 2 N–H and O–H groups in total. The average Bonchev–Trinajstić information content (AvgIpc) is 3.31. The Hall–Kier alpha value is -5.43. The summed E-state index contributed by atoms with van der Waals surface area (Å²) in [6.07, 6.45) is 5.79. The molecule has 168 valence electrons. The van der Waals surface area contributed by atoms with Crippen LogP contribution in [0.1, 0.15) is 15.9 Å². The number of phenols is 1. The summed E-state index contributed by atoms with van der Waals surface area (Å²) in [5.41, 5.74) is 0.850. The maximum Gasteiger partial charge on any atom is 0.260 e. The lowest BCUT2D eigenvalue weighted by Crippen LogP contribution is -2.12. The highest BCUT2D eigenvalue weighted by Crippen LogP contribution is 2.38. The third-order valence-electron chi connectivity index (χ3n) is 5.14. The molecule has 0 bridgehead atoms.